The Morgan fingerprint density at radius 3 is 2.14 bits per heavy atom. The van der Waals surface area contributed by atoms with Crippen molar-refractivity contribution >= 4 is 29.0 Å². The van der Waals surface area contributed by atoms with Crippen LogP contribution in [0, 0.1) is 0 Å². The quantitative estimate of drug-likeness (QED) is 0.423. The fourth-order valence-electron chi connectivity index (χ4n) is 5.43. The number of carbonyl (C=O) groups is 3. The maximum absolute atomic E-state index is 14.5. The van der Waals surface area contributed by atoms with Crippen LogP contribution in [0.4, 0.5) is 5.69 Å². The van der Waals surface area contributed by atoms with E-state index in [1.807, 2.05) is 82.3 Å². The summed E-state index contributed by atoms with van der Waals surface area (Å²) in [4.78, 5) is 44.4. The van der Waals surface area contributed by atoms with Crippen LogP contribution in [0.2, 0.25) is 0 Å². The molecule has 0 bridgehead atoms. The number of nitrogens with zero attached hydrogens (tertiary/aromatic N) is 2. The van der Waals surface area contributed by atoms with E-state index in [1.165, 1.54) is 0 Å². The molecular formula is C31H30N2O4. The molecule has 1 atom stereocenters. The Morgan fingerprint density at radius 2 is 1.51 bits per heavy atom. The van der Waals surface area contributed by atoms with Crippen LogP contribution < -0.4 is 9.64 Å². The smallest absolute Gasteiger partial charge is 0.262 e. The molecule has 0 aromatic heterocycles. The number of ether oxygens (including phenoxy) is 1. The number of anilines is 1. The maximum atomic E-state index is 14.5. The topological polar surface area (TPSA) is 66.9 Å². The number of benzene rings is 3. The Labute approximate surface area is 217 Å². The summed E-state index contributed by atoms with van der Waals surface area (Å²) in [5.74, 6) is -0.466. The van der Waals surface area contributed by atoms with E-state index in [2.05, 4.69) is 0 Å². The highest BCUT2D eigenvalue weighted by Crippen LogP contribution is 2.42. The maximum Gasteiger partial charge on any atom is 0.262 e. The first-order valence-corrected chi connectivity index (χ1v) is 12.5. The van der Waals surface area contributed by atoms with E-state index in [4.69, 9.17) is 4.74 Å². The van der Waals surface area contributed by atoms with Crippen LogP contribution in [-0.4, -0.2) is 40.8 Å². The molecule has 188 valence electrons. The van der Waals surface area contributed by atoms with Crippen LogP contribution in [-0.2, 0) is 11.2 Å². The second kappa shape index (κ2) is 9.36. The summed E-state index contributed by atoms with van der Waals surface area (Å²) in [5, 5.41) is 0. The molecule has 0 spiro atoms. The highest BCUT2D eigenvalue weighted by atomic mass is 16.5. The van der Waals surface area contributed by atoms with Gasteiger partial charge in [-0.05, 0) is 69.2 Å². The molecule has 2 aliphatic heterocycles. The Kier molecular flexibility index (Phi) is 6.20. The molecule has 6 heteroatoms. The molecule has 3 aromatic carbocycles. The van der Waals surface area contributed by atoms with Gasteiger partial charge in [0.1, 0.15) is 11.8 Å². The Morgan fingerprint density at radius 1 is 0.892 bits per heavy atom. The first-order chi connectivity index (χ1) is 17.7. The minimum Gasteiger partial charge on any atom is -0.494 e. The van der Waals surface area contributed by atoms with Gasteiger partial charge in [0.15, 0.2) is 0 Å². The summed E-state index contributed by atoms with van der Waals surface area (Å²) in [5.41, 5.74) is 3.49. The van der Waals surface area contributed by atoms with Crippen LogP contribution in [0.15, 0.2) is 78.9 Å². The van der Waals surface area contributed by atoms with Crippen molar-refractivity contribution in [3.05, 3.63) is 101 Å². The molecule has 0 unspecified atom stereocenters. The Balaban J connectivity index is 1.62. The normalized spacial score (nSPS) is 16.7. The van der Waals surface area contributed by atoms with Gasteiger partial charge >= 0.3 is 0 Å². The van der Waals surface area contributed by atoms with Crippen LogP contribution in [0.5, 0.6) is 5.75 Å². The largest absolute Gasteiger partial charge is 0.494 e. The van der Waals surface area contributed by atoms with E-state index in [0.29, 0.717) is 17.7 Å². The molecule has 2 heterocycles. The molecule has 0 fully saturated rings. The van der Waals surface area contributed by atoms with E-state index in [9.17, 15) is 14.4 Å². The molecule has 37 heavy (non-hydrogen) atoms. The first-order valence-electron chi connectivity index (χ1n) is 12.5. The van der Waals surface area contributed by atoms with E-state index < -0.39 is 23.4 Å². The Bertz CT molecular complexity index is 1390. The summed E-state index contributed by atoms with van der Waals surface area (Å²) < 4.78 is 5.71. The lowest BCUT2D eigenvalue weighted by atomic mass is 9.87. The van der Waals surface area contributed by atoms with Gasteiger partial charge < -0.3 is 9.64 Å². The van der Waals surface area contributed by atoms with Crippen molar-refractivity contribution < 1.29 is 19.1 Å². The SMILES string of the molecule is CCOc1ccc2c(c1)C(C)=CC(C)(C)N2C(=O)[C@H](Cc1ccccc1)N1C(=O)c2ccccc2C1=O. The van der Waals surface area contributed by atoms with Gasteiger partial charge in [-0.3, -0.25) is 19.3 Å². The minimum absolute atomic E-state index is 0.215. The fraction of sp³-hybridized carbons (Fsp3) is 0.258. The molecule has 0 radical (unpaired) electrons. The average molecular weight is 495 g/mol. The molecule has 3 aromatic rings. The van der Waals surface area contributed by atoms with Gasteiger partial charge in [0.2, 0.25) is 0 Å². The summed E-state index contributed by atoms with van der Waals surface area (Å²) >= 11 is 0. The first kappa shape index (κ1) is 24.5. The number of allylic oxidation sites excluding steroid dienone is 1. The number of hydrogen-bond donors (Lipinski definition) is 0. The van der Waals surface area contributed by atoms with Gasteiger partial charge in [0.05, 0.1) is 29.0 Å². The predicted molar refractivity (Wildman–Crippen MR) is 144 cm³/mol. The zero-order chi connectivity index (χ0) is 26.3. The third-order valence-corrected chi connectivity index (χ3v) is 7.01. The molecule has 2 aliphatic rings. The summed E-state index contributed by atoms with van der Waals surface area (Å²) in [7, 11) is 0. The number of fused-ring (bicyclic) bond motifs is 2. The van der Waals surface area contributed by atoms with Gasteiger partial charge in [-0.25, -0.2) is 0 Å². The van der Waals surface area contributed by atoms with Crippen LogP contribution in [0.25, 0.3) is 5.57 Å². The summed E-state index contributed by atoms with van der Waals surface area (Å²) in [6.07, 6.45) is 2.26. The molecule has 0 N–H and O–H groups in total. The van der Waals surface area contributed by atoms with Gasteiger partial charge in [-0.2, -0.15) is 0 Å². The molecular weight excluding hydrogens is 464 g/mol. The van der Waals surface area contributed by atoms with Crippen LogP contribution >= 0.6 is 0 Å². The standard InChI is InChI=1S/C31H30N2O4/c1-5-37-22-15-16-26-25(18-22)20(2)19-31(3,4)33(26)30(36)27(17-21-11-7-6-8-12-21)32-28(34)23-13-9-10-14-24(23)29(32)35/h6-16,18-19,27H,5,17H2,1-4H3/t27-/m0/s1. The fourth-order valence-corrected chi connectivity index (χ4v) is 5.43. The van der Waals surface area contributed by atoms with E-state index in [1.54, 1.807) is 29.2 Å². The van der Waals surface area contributed by atoms with Gasteiger partial charge in [0.25, 0.3) is 17.7 Å². The highest BCUT2D eigenvalue weighted by molar-refractivity contribution is 6.23. The van der Waals surface area contributed by atoms with Gasteiger partial charge in [0, 0.05) is 12.0 Å². The lowest BCUT2D eigenvalue weighted by Crippen LogP contribution is -2.58. The average Bonchev–Trinajstić information content (AvgIpc) is 3.13. The lowest BCUT2D eigenvalue weighted by Gasteiger charge is -2.44. The van der Waals surface area contributed by atoms with Gasteiger partial charge in [-0.1, -0.05) is 48.5 Å². The molecule has 5 rings (SSSR count). The van der Waals surface area contributed by atoms with E-state index in [-0.39, 0.29) is 12.3 Å². The lowest BCUT2D eigenvalue weighted by molar-refractivity contribution is -0.123. The number of hydrogen-bond acceptors (Lipinski definition) is 4. The number of imide groups is 1. The monoisotopic (exact) mass is 494 g/mol. The van der Waals surface area contributed by atoms with Crippen LogP contribution in [0.1, 0.15) is 59.5 Å². The number of amides is 3. The second-order valence-electron chi connectivity index (χ2n) is 10.00. The van der Waals surface area contributed by atoms with Crippen molar-refractivity contribution in [3.8, 4) is 5.75 Å². The van der Waals surface area contributed by atoms with E-state index >= 15 is 0 Å². The molecule has 3 amide bonds. The predicted octanol–water partition coefficient (Wildman–Crippen LogP) is 5.52. The van der Waals surface area contributed by atoms with Crippen molar-refractivity contribution in [2.75, 3.05) is 11.5 Å². The molecule has 0 saturated carbocycles. The molecule has 0 aliphatic carbocycles. The van der Waals surface area contributed by atoms with Crippen molar-refractivity contribution in [1.82, 2.24) is 4.90 Å². The number of rotatable bonds is 6. The summed E-state index contributed by atoms with van der Waals surface area (Å²) in [6.45, 7) is 8.42. The zero-order valence-electron chi connectivity index (χ0n) is 21.5. The summed E-state index contributed by atoms with van der Waals surface area (Å²) in [6, 6.07) is 20.9. The third kappa shape index (κ3) is 4.22. The van der Waals surface area contributed by atoms with Crippen LogP contribution in [0.3, 0.4) is 0 Å². The Hall–Kier alpha value is -4.19. The van der Waals surface area contributed by atoms with Crippen molar-refractivity contribution in [2.45, 2.75) is 45.7 Å². The van der Waals surface area contributed by atoms with Crippen molar-refractivity contribution in [3.63, 3.8) is 0 Å². The molecule has 6 nitrogen and oxygen atoms in total. The van der Waals surface area contributed by atoms with Gasteiger partial charge in [-0.15, -0.1) is 0 Å². The van der Waals surface area contributed by atoms with E-state index in [0.717, 1.165) is 33.0 Å². The number of carbonyl (C=O) groups excluding carboxylic acids is 3. The third-order valence-electron chi connectivity index (χ3n) is 7.01. The minimum atomic E-state index is -1.01. The molecule has 0 saturated heterocycles. The van der Waals surface area contributed by atoms with Crippen molar-refractivity contribution in [2.24, 2.45) is 0 Å². The second-order valence-corrected chi connectivity index (χ2v) is 10.00. The van der Waals surface area contributed by atoms with Crippen molar-refractivity contribution in [1.29, 1.82) is 0 Å². The zero-order valence-corrected chi connectivity index (χ0v) is 21.5. The highest BCUT2D eigenvalue weighted by Gasteiger charge is 2.47.